The third-order valence-corrected chi connectivity index (χ3v) is 4.18. The molecule has 0 spiro atoms. The Morgan fingerprint density at radius 2 is 1.52 bits per heavy atom. The van der Waals surface area contributed by atoms with Gasteiger partial charge in [0.25, 0.3) is 0 Å². The van der Waals surface area contributed by atoms with Gasteiger partial charge in [-0.1, -0.05) is 76.8 Å². The number of benzene rings is 1. The predicted molar refractivity (Wildman–Crippen MR) is 103 cm³/mol. The molecule has 0 fully saturated rings. The minimum Gasteiger partial charge on any atom is -0.494 e. The summed E-state index contributed by atoms with van der Waals surface area (Å²) in [5.41, 5.74) is 0.922. The fourth-order valence-electron chi connectivity index (χ4n) is 2.73. The molecule has 3 nitrogen and oxygen atoms in total. The van der Waals surface area contributed by atoms with Crippen molar-refractivity contribution in [3.63, 3.8) is 0 Å². The van der Waals surface area contributed by atoms with E-state index in [1.165, 1.54) is 57.8 Å². The van der Waals surface area contributed by atoms with Crippen molar-refractivity contribution in [1.29, 1.82) is 10.5 Å². The summed E-state index contributed by atoms with van der Waals surface area (Å²) >= 11 is 0. The number of allylic oxidation sites excluding steroid dienone is 1. The largest absolute Gasteiger partial charge is 0.494 e. The van der Waals surface area contributed by atoms with E-state index in [4.69, 9.17) is 15.3 Å². The second-order valence-electron chi connectivity index (χ2n) is 6.38. The lowest BCUT2D eigenvalue weighted by atomic mass is 10.1. The first-order valence-corrected chi connectivity index (χ1v) is 9.55. The minimum atomic E-state index is 0.104. The van der Waals surface area contributed by atoms with E-state index < -0.39 is 0 Å². The van der Waals surface area contributed by atoms with Gasteiger partial charge < -0.3 is 4.74 Å². The van der Waals surface area contributed by atoms with Gasteiger partial charge in [-0.2, -0.15) is 10.5 Å². The van der Waals surface area contributed by atoms with Crippen LogP contribution in [-0.4, -0.2) is 6.61 Å². The van der Waals surface area contributed by atoms with Crippen LogP contribution < -0.4 is 4.74 Å². The van der Waals surface area contributed by atoms with Gasteiger partial charge in [-0.25, -0.2) is 0 Å². The van der Waals surface area contributed by atoms with Gasteiger partial charge in [0, 0.05) is 0 Å². The molecular formula is C22H30N2O. The van der Waals surface area contributed by atoms with E-state index in [1.807, 2.05) is 36.4 Å². The third kappa shape index (κ3) is 10.3. The molecule has 1 aromatic rings. The van der Waals surface area contributed by atoms with Crippen LogP contribution in [0.25, 0.3) is 6.08 Å². The van der Waals surface area contributed by atoms with Crippen LogP contribution in [0.5, 0.6) is 5.75 Å². The first kappa shape index (κ1) is 20.8. The molecule has 0 aromatic heterocycles. The summed E-state index contributed by atoms with van der Waals surface area (Å²) in [7, 11) is 0. The van der Waals surface area contributed by atoms with Gasteiger partial charge in [0.1, 0.15) is 23.5 Å². The molecule has 0 N–H and O–H groups in total. The molecule has 25 heavy (non-hydrogen) atoms. The molecule has 1 rings (SSSR count). The summed E-state index contributed by atoms with van der Waals surface area (Å²) in [6.45, 7) is 2.97. The van der Waals surface area contributed by atoms with Crippen LogP contribution in [0.4, 0.5) is 0 Å². The Balaban J connectivity index is 2.14. The van der Waals surface area contributed by atoms with E-state index in [2.05, 4.69) is 6.92 Å². The number of hydrogen-bond donors (Lipinski definition) is 0. The molecule has 1 aromatic carbocycles. The number of hydrogen-bond acceptors (Lipinski definition) is 3. The van der Waals surface area contributed by atoms with Crippen LogP contribution in [0.15, 0.2) is 29.8 Å². The Morgan fingerprint density at radius 1 is 0.920 bits per heavy atom. The van der Waals surface area contributed by atoms with Crippen LogP contribution in [0.3, 0.4) is 0 Å². The lowest BCUT2D eigenvalue weighted by molar-refractivity contribution is 0.304. The normalized spacial score (nSPS) is 9.88. The van der Waals surface area contributed by atoms with E-state index in [9.17, 15) is 0 Å². The first-order chi connectivity index (χ1) is 12.3. The maximum atomic E-state index is 8.80. The van der Waals surface area contributed by atoms with E-state index >= 15 is 0 Å². The lowest BCUT2D eigenvalue weighted by Crippen LogP contribution is -1.97. The van der Waals surface area contributed by atoms with E-state index in [0.717, 1.165) is 17.7 Å². The van der Waals surface area contributed by atoms with Crippen molar-refractivity contribution >= 4 is 6.08 Å². The van der Waals surface area contributed by atoms with Crippen LogP contribution in [0.2, 0.25) is 0 Å². The molecular weight excluding hydrogens is 308 g/mol. The Hall–Kier alpha value is -2.26. The molecule has 0 heterocycles. The second-order valence-corrected chi connectivity index (χ2v) is 6.38. The topological polar surface area (TPSA) is 56.8 Å². The molecule has 0 saturated heterocycles. The number of rotatable bonds is 13. The van der Waals surface area contributed by atoms with Gasteiger partial charge in [0.2, 0.25) is 0 Å². The van der Waals surface area contributed by atoms with Gasteiger partial charge in [-0.15, -0.1) is 0 Å². The molecule has 3 heteroatoms. The van der Waals surface area contributed by atoms with Crippen LogP contribution in [0, 0.1) is 22.7 Å². The summed E-state index contributed by atoms with van der Waals surface area (Å²) in [6, 6.07) is 11.3. The zero-order valence-corrected chi connectivity index (χ0v) is 15.5. The number of ether oxygens (including phenoxy) is 1. The van der Waals surface area contributed by atoms with Gasteiger partial charge in [0.05, 0.1) is 6.61 Å². The van der Waals surface area contributed by atoms with E-state index in [-0.39, 0.29) is 5.57 Å². The lowest BCUT2D eigenvalue weighted by Gasteiger charge is -2.07. The van der Waals surface area contributed by atoms with E-state index in [0.29, 0.717) is 6.61 Å². The second kappa shape index (κ2) is 14.1. The Kier molecular flexibility index (Phi) is 11.7. The van der Waals surface area contributed by atoms with Crippen molar-refractivity contribution in [3.8, 4) is 17.9 Å². The summed E-state index contributed by atoms with van der Waals surface area (Å²) in [6.07, 6.45) is 14.7. The molecule has 0 aliphatic heterocycles. The monoisotopic (exact) mass is 338 g/mol. The SMILES string of the molecule is CCCCCCCCCCCCOc1cccc(C=C(C#N)C#N)c1. The highest BCUT2D eigenvalue weighted by atomic mass is 16.5. The third-order valence-electron chi connectivity index (χ3n) is 4.18. The summed E-state index contributed by atoms with van der Waals surface area (Å²) in [4.78, 5) is 0. The van der Waals surface area contributed by atoms with Crippen LogP contribution in [-0.2, 0) is 0 Å². The van der Waals surface area contributed by atoms with Crippen LogP contribution in [0.1, 0.15) is 76.7 Å². The molecule has 0 aliphatic carbocycles. The summed E-state index contributed by atoms with van der Waals surface area (Å²) in [5.74, 6) is 0.792. The minimum absolute atomic E-state index is 0.104. The van der Waals surface area contributed by atoms with Crippen LogP contribution >= 0.6 is 0 Å². The van der Waals surface area contributed by atoms with Crippen molar-refractivity contribution in [1.82, 2.24) is 0 Å². The number of unbranched alkanes of at least 4 members (excludes halogenated alkanes) is 9. The molecule has 0 radical (unpaired) electrons. The van der Waals surface area contributed by atoms with Gasteiger partial charge in [0.15, 0.2) is 0 Å². The van der Waals surface area contributed by atoms with Crippen molar-refractivity contribution in [2.75, 3.05) is 6.61 Å². The molecule has 0 saturated carbocycles. The highest BCUT2D eigenvalue weighted by molar-refractivity contribution is 5.62. The predicted octanol–water partition coefficient (Wildman–Crippen LogP) is 6.42. The number of nitriles is 2. The highest BCUT2D eigenvalue weighted by Gasteiger charge is 1.98. The summed E-state index contributed by atoms with van der Waals surface area (Å²) in [5, 5.41) is 17.6. The molecule has 0 aliphatic rings. The van der Waals surface area contributed by atoms with Gasteiger partial charge >= 0.3 is 0 Å². The molecule has 0 amide bonds. The first-order valence-electron chi connectivity index (χ1n) is 9.55. The van der Waals surface area contributed by atoms with E-state index in [1.54, 1.807) is 6.08 Å². The van der Waals surface area contributed by atoms with Crippen molar-refractivity contribution in [2.24, 2.45) is 0 Å². The zero-order chi connectivity index (χ0) is 18.2. The van der Waals surface area contributed by atoms with Gasteiger partial charge in [-0.3, -0.25) is 0 Å². The quantitative estimate of drug-likeness (QED) is 0.308. The Bertz CT molecular complexity index is 577. The van der Waals surface area contributed by atoms with Crippen molar-refractivity contribution < 1.29 is 4.74 Å². The standard InChI is InChI=1S/C22H30N2O/c1-2-3-4-5-6-7-8-9-10-11-15-25-22-14-12-13-20(17-22)16-21(18-23)19-24/h12-14,16-17H,2-11,15H2,1H3. The fourth-order valence-corrected chi connectivity index (χ4v) is 2.73. The fraction of sp³-hybridized carbons (Fsp3) is 0.545. The molecule has 0 atom stereocenters. The summed E-state index contributed by atoms with van der Waals surface area (Å²) < 4.78 is 5.77. The maximum absolute atomic E-state index is 8.80. The smallest absolute Gasteiger partial charge is 0.130 e. The highest BCUT2D eigenvalue weighted by Crippen LogP contribution is 2.17. The maximum Gasteiger partial charge on any atom is 0.130 e. The molecule has 0 bridgehead atoms. The molecule has 0 unspecified atom stereocenters. The Labute approximate surface area is 152 Å². The van der Waals surface area contributed by atoms with Crippen molar-refractivity contribution in [3.05, 3.63) is 35.4 Å². The van der Waals surface area contributed by atoms with Gasteiger partial charge in [-0.05, 0) is 30.2 Å². The number of nitrogens with zero attached hydrogens (tertiary/aromatic N) is 2. The zero-order valence-electron chi connectivity index (χ0n) is 15.5. The average molecular weight is 338 g/mol. The average Bonchev–Trinajstić information content (AvgIpc) is 2.64. The Morgan fingerprint density at radius 3 is 2.12 bits per heavy atom. The molecule has 134 valence electrons. The van der Waals surface area contributed by atoms with Crippen molar-refractivity contribution in [2.45, 2.75) is 71.1 Å².